The second-order valence-corrected chi connectivity index (χ2v) is 7.43. The first-order valence-corrected chi connectivity index (χ1v) is 8.79. The number of hydrogen-bond donors (Lipinski definition) is 3. The van der Waals surface area contributed by atoms with Gasteiger partial charge in [0, 0.05) is 37.3 Å². The summed E-state index contributed by atoms with van der Waals surface area (Å²) in [6, 6.07) is -0.184. The molecule has 2 aromatic rings. The van der Waals surface area contributed by atoms with Gasteiger partial charge in [0.1, 0.15) is 11.3 Å². The summed E-state index contributed by atoms with van der Waals surface area (Å²) in [5, 5.41) is 8.79. The molecule has 4 rings (SSSR count). The number of halogens is 2. The average molecular weight is 378 g/mol. The molecule has 5 N–H and O–H groups in total. The summed E-state index contributed by atoms with van der Waals surface area (Å²) in [4.78, 5) is 25.4. The van der Waals surface area contributed by atoms with Gasteiger partial charge in [-0.3, -0.25) is 4.79 Å². The van der Waals surface area contributed by atoms with Crippen molar-refractivity contribution in [1.29, 1.82) is 0 Å². The maximum absolute atomic E-state index is 15.4. The van der Waals surface area contributed by atoms with Crippen molar-refractivity contribution in [3.63, 3.8) is 0 Å². The van der Waals surface area contributed by atoms with Crippen LogP contribution in [0.5, 0.6) is 0 Å². The SMILES string of the molecule is CCn1cc(C(=O)O)c(=O)c2c(N)c(F)c(N3CC(N)C4(CC4)C3)c(F)c21. The Morgan fingerprint density at radius 1 is 1.37 bits per heavy atom. The van der Waals surface area contributed by atoms with Crippen molar-refractivity contribution in [3.8, 4) is 0 Å². The van der Waals surface area contributed by atoms with E-state index in [9.17, 15) is 14.7 Å². The zero-order valence-corrected chi connectivity index (χ0v) is 14.8. The number of aromatic carboxylic acids is 1. The zero-order valence-electron chi connectivity index (χ0n) is 14.8. The number of aromatic nitrogens is 1. The van der Waals surface area contributed by atoms with E-state index in [1.54, 1.807) is 11.8 Å². The monoisotopic (exact) mass is 378 g/mol. The highest BCUT2D eigenvalue weighted by atomic mass is 19.1. The third-order valence-electron chi connectivity index (χ3n) is 5.90. The molecule has 1 aromatic carbocycles. The van der Waals surface area contributed by atoms with Crippen LogP contribution in [0, 0.1) is 17.0 Å². The Morgan fingerprint density at radius 3 is 2.56 bits per heavy atom. The molecule has 1 aliphatic carbocycles. The van der Waals surface area contributed by atoms with Crippen molar-refractivity contribution in [2.24, 2.45) is 11.1 Å². The van der Waals surface area contributed by atoms with Crippen molar-refractivity contribution in [1.82, 2.24) is 4.57 Å². The van der Waals surface area contributed by atoms with Gasteiger partial charge in [-0.05, 0) is 19.8 Å². The number of pyridine rings is 1. The van der Waals surface area contributed by atoms with Crippen LogP contribution in [-0.4, -0.2) is 34.8 Å². The Bertz CT molecular complexity index is 1050. The molecule has 1 atom stereocenters. The minimum Gasteiger partial charge on any atom is -0.477 e. The zero-order chi connectivity index (χ0) is 19.7. The largest absolute Gasteiger partial charge is 0.477 e. The van der Waals surface area contributed by atoms with Crippen LogP contribution in [0.3, 0.4) is 0 Å². The lowest BCUT2D eigenvalue weighted by atomic mass is 10.0. The van der Waals surface area contributed by atoms with Gasteiger partial charge in [-0.25, -0.2) is 13.6 Å². The number of carboxylic acid groups (broad SMARTS) is 1. The van der Waals surface area contributed by atoms with Crippen molar-refractivity contribution < 1.29 is 18.7 Å². The second kappa shape index (κ2) is 5.66. The van der Waals surface area contributed by atoms with E-state index in [4.69, 9.17) is 11.5 Å². The first-order valence-electron chi connectivity index (χ1n) is 8.79. The number of benzene rings is 1. The lowest BCUT2D eigenvalue weighted by molar-refractivity contribution is 0.0695. The topological polar surface area (TPSA) is 115 Å². The lowest BCUT2D eigenvalue weighted by Crippen LogP contribution is -2.31. The Labute approximate surface area is 153 Å². The van der Waals surface area contributed by atoms with Gasteiger partial charge in [0.25, 0.3) is 0 Å². The number of carboxylic acids is 1. The van der Waals surface area contributed by atoms with Crippen molar-refractivity contribution in [3.05, 3.63) is 33.6 Å². The standard InChI is InChI=1S/C18H20F2N4O3/c1-2-23-5-8(17(26)27)16(25)10-13(22)11(19)15(12(20)14(10)23)24-6-9(21)18(7-24)3-4-18/h5,9H,2-4,6-7,21-22H2,1H3,(H,26,27). The van der Waals surface area contributed by atoms with E-state index >= 15 is 8.78 Å². The van der Waals surface area contributed by atoms with Gasteiger partial charge >= 0.3 is 5.97 Å². The maximum atomic E-state index is 15.4. The van der Waals surface area contributed by atoms with Crippen LogP contribution in [0.25, 0.3) is 10.9 Å². The normalized spacial score (nSPS) is 20.6. The number of hydrogen-bond acceptors (Lipinski definition) is 5. The van der Waals surface area contributed by atoms with E-state index in [2.05, 4.69) is 0 Å². The van der Waals surface area contributed by atoms with Gasteiger partial charge in [0.05, 0.1) is 16.6 Å². The smallest absolute Gasteiger partial charge is 0.341 e. The summed E-state index contributed by atoms with van der Waals surface area (Å²) >= 11 is 0. The number of aryl methyl sites for hydroxylation is 1. The Morgan fingerprint density at radius 2 is 2.04 bits per heavy atom. The van der Waals surface area contributed by atoms with E-state index in [0.29, 0.717) is 13.1 Å². The molecule has 2 heterocycles. The number of rotatable bonds is 3. The first kappa shape index (κ1) is 17.7. The van der Waals surface area contributed by atoms with Crippen LogP contribution in [0.4, 0.5) is 20.2 Å². The fourth-order valence-corrected chi connectivity index (χ4v) is 4.13. The molecule has 1 spiro atoms. The lowest BCUT2D eigenvalue weighted by Gasteiger charge is -2.23. The number of nitrogen functional groups attached to an aromatic ring is 1. The molecule has 2 aliphatic rings. The summed E-state index contributed by atoms with van der Waals surface area (Å²) in [7, 11) is 0. The third kappa shape index (κ3) is 2.34. The van der Waals surface area contributed by atoms with Gasteiger partial charge in [-0.15, -0.1) is 0 Å². The van der Waals surface area contributed by atoms with E-state index < -0.39 is 39.7 Å². The van der Waals surface area contributed by atoms with E-state index in [1.807, 2.05) is 0 Å². The predicted octanol–water partition coefficient (Wildman–Crippen LogP) is 1.51. The molecule has 0 bridgehead atoms. The highest BCUT2D eigenvalue weighted by molar-refractivity contribution is 5.99. The quantitative estimate of drug-likeness (QED) is 0.698. The molecule has 144 valence electrons. The Kier molecular flexibility index (Phi) is 3.71. The molecular weight excluding hydrogens is 358 g/mol. The van der Waals surface area contributed by atoms with E-state index in [1.165, 1.54) is 4.57 Å². The first-order chi connectivity index (χ1) is 12.7. The maximum Gasteiger partial charge on any atom is 0.341 e. The minimum absolute atomic E-state index is 0.111. The minimum atomic E-state index is -1.48. The van der Waals surface area contributed by atoms with Crippen LogP contribution in [-0.2, 0) is 6.54 Å². The number of nitrogens with two attached hydrogens (primary N) is 2. The molecule has 27 heavy (non-hydrogen) atoms. The highest BCUT2D eigenvalue weighted by Gasteiger charge is 2.54. The van der Waals surface area contributed by atoms with Crippen LogP contribution in [0.1, 0.15) is 30.1 Å². The number of anilines is 2. The van der Waals surface area contributed by atoms with Crippen molar-refractivity contribution in [2.75, 3.05) is 23.7 Å². The molecule has 0 amide bonds. The number of nitrogens with zero attached hydrogens (tertiary/aromatic N) is 2. The fourth-order valence-electron chi connectivity index (χ4n) is 4.13. The van der Waals surface area contributed by atoms with Gasteiger partial charge in [0.15, 0.2) is 11.6 Å². The summed E-state index contributed by atoms with van der Waals surface area (Å²) in [5.74, 6) is -3.45. The summed E-state index contributed by atoms with van der Waals surface area (Å²) in [5.41, 5.74) is 9.29. The second-order valence-electron chi connectivity index (χ2n) is 7.43. The molecule has 7 nitrogen and oxygen atoms in total. The van der Waals surface area contributed by atoms with Gasteiger partial charge < -0.3 is 26.0 Å². The van der Waals surface area contributed by atoms with Crippen molar-refractivity contribution in [2.45, 2.75) is 32.4 Å². The third-order valence-corrected chi connectivity index (χ3v) is 5.90. The molecular formula is C18H20F2N4O3. The summed E-state index contributed by atoms with van der Waals surface area (Å²) < 4.78 is 31.8. The molecule has 2 fully saturated rings. The van der Waals surface area contributed by atoms with Crippen molar-refractivity contribution >= 4 is 28.2 Å². The van der Waals surface area contributed by atoms with E-state index in [0.717, 1.165) is 19.0 Å². The van der Waals surface area contributed by atoms with Crippen LogP contribution < -0.4 is 21.8 Å². The van der Waals surface area contributed by atoms with Gasteiger partial charge in [-0.2, -0.15) is 0 Å². The predicted molar refractivity (Wildman–Crippen MR) is 97.0 cm³/mol. The molecule has 1 saturated heterocycles. The Hall–Kier alpha value is -2.68. The van der Waals surface area contributed by atoms with Gasteiger partial charge in [-0.1, -0.05) is 0 Å². The number of fused-ring (bicyclic) bond motifs is 1. The molecule has 1 aromatic heterocycles. The molecule has 1 saturated carbocycles. The Balaban J connectivity index is 2.02. The van der Waals surface area contributed by atoms with Crippen LogP contribution in [0.2, 0.25) is 0 Å². The summed E-state index contributed by atoms with van der Waals surface area (Å²) in [6.45, 7) is 2.57. The molecule has 1 unspecified atom stereocenters. The number of carbonyl (C=O) groups is 1. The highest BCUT2D eigenvalue weighted by Crippen LogP contribution is 2.53. The summed E-state index contributed by atoms with van der Waals surface area (Å²) in [6.07, 6.45) is 2.90. The fraction of sp³-hybridized carbons (Fsp3) is 0.444. The average Bonchev–Trinajstić information content (AvgIpc) is 3.32. The van der Waals surface area contributed by atoms with Crippen LogP contribution >= 0.6 is 0 Å². The molecule has 0 radical (unpaired) electrons. The molecule has 1 aliphatic heterocycles. The van der Waals surface area contributed by atoms with Gasteiger partial charge in [0.2, 0.25) is 5.43 Å². The van der Waals surface area contributed by atoms with Crippen LogP contribution in [0.15, 0.2) is 11.0 Å². The van der Waals surface area contributed by atoms with E-state index in [-0.39, 0.29) is 29.2 Å². The molecule has 9 heteroatoms.